The number of piperidine rings is 1. The van der Waals surface area contributed by atoms with E-state index >= 15 is 0 Å². The topological polar surface area (TPSA) is 135 Å². The van der Waals surface area contributed by atoms with Crippen LogP contribution in [0.25, 0.3) is 11.5 Å². The number of alkyl halides is 3. The van der Waals surface area contributed by atoms with Gasteiger partial charge in [-0.25, -0.2) is 13.2 Å². The second-order valence-corrected chi connectivity index (χ2v) is 13.3. The molecule has 0 unspecified atom stereocenters. The van der Waals surface area contributed by atoms with E-state index in [1.165, 1.54) is 6.07 Å². The lowest BCUT2D eigenvalue weighted by atomic mass is 9.61. The minimum atomic E-state index is -2.91. The van der Waals surface area contributed by atoms with Gasteiger partial charge >= 0.3 is 0 Å². The van der Waals surface area contributed by atoms with Gasteiger partial charge in [-0.1, -0.05) is 11.2 Å². The Labute approximate surface area is 265 Å². The van der Waals surface area contributed by atoms with Gasteiger partial charge in [-0.2, -0.15) is 15.2 Å². The van der Waals surface area contributed by atoms with Gasteiger partial charge in [0.2, 0.25) is 11.8 Å². The molecule has 3 N–H and O–H groups in total. The van der Waals surface area contributed by atoms with Crippen LogP contribution in [-0.2, 0) is 18.3 Å². The summed E-state index contributed by atoms with van der Waals surface area (Å²) in [5, 5.41) is 17.3. The average Bonchev–Trinajstić information content (AvgIpc) is 3.60. The number of nitrogens with one attached hydrogen (secondary N) is 1. The Morgan fingerprint density at radius 2 is 1.98 bits per heavy atom. The fourth-order valence-electron chi connectivity index (χ4n) is 8.05. The first kappa shape index (κ1) is 30.7. The van der Waals surface area contributed by atoms with E-state index < -0.39 is 42.7 Å². The highest BCUT2D eigenvalue weighted by molar-refractivity contribution is 5.67. The van der Waals surface area contributed by atoms with E-state index in [-0.39, 0.29) is 30.2 Å². The number of anilines is 1. The number of fused-ring (bicyclic) bond motifs is 4. The number of halogens is 3. The van der Waals surface area contributed by atoms with Gasteiger partial charge in [0.15, 0.2) is 17.3 Å². The van der Waals surface area contributed by atoms with Gasteiger partial charge in [0.1, 0.15) is 24.4 Å². The van der Waals surface area contributed by atoms with Crippen LogP contribution in [0.2, 0.25) is 0 Å². The molecule has 3 aromatic rings. The van der Waals surface area contributed by atoms with Gasteiger partial charge in [-0.05, 0) is 76.1 Å². The largest absolute Gasteiger partial charge is 0.473 e. The first-order chi connectivity index (χ1) is 22.1. The zero-order valence-corrected chi connectivity index (χ0v) is 26.0. The number of likely N-dealkylation sites (N-methyl/N-ethyl adjacent to an activating group) is 1. The number of nitrogens with two attached hydrogens (primary N) is 1. The fraction of sp³-hybridized carbons (Fsp3) is 0.576. The highest BCUT2D eigenvalue weighted by atomic mass is 19.3. The predicted molar refractivity (Wildman–Crippen MR) is 163 cm³/mol. The quantitative estimate of drug-likeness (QED) is 0.365. The number of hydrogen-bond acceptors (Lipinski definition) is 10. The van der Waals surface area contributed by atoms with Crippen LogP contribution in [0.3, 0.4) is 0 Å². The molecule has 0 amide bonds. The second-order valence-electron chi connectivity index (χ2n) is 13.3. The molecule has 0 saturated carbocycles. The number of nitriles is 1. The molecule has 13 heteroatoms. The lowest BCUT2D eigenvalue weighted by molar-refractivity contribution is -0.0576. The van der Waals surface area contributed by atoms with Crippen LogP contribution in [0.5, 0.6) is 11.8 Å². The van der Waals surface area contributed by atoms with E-state index in [4.69, 9.17) is 24.7 Å². The molecule has 2 fully saturated rings. The summed E-state index contributed by atoms with van der Waals surface area (Å²) in [4.78, 5) is 11.3. The summed E-state index contributed by atoms with van der Waals surface area (Å²) in [5.41, 5.74) is 9.90. The second kappa shape index (κ2) is 11.7. The normalized spacial score (nSPS) is 27.9. The number of hydrogen-bond donors (Lipinski definition) is 2. The Morgan fingerprint density at radius 1 is 1.20 bits per heavy atom. The first-order valence-corrected chi connectivity index (χ1v) is 16.0. The molecule has 0 radical (unpaired) electrons. The molecule has 2 aliphatic carbocycles. The minimum absolute atomic E-state index is 0.0738. The standard InChI is InChI=1S/C33H38F3N7O3/c1-18(25-11-20(34)16-43(25)2)44-26-12-27(45-21-13-33(35,36)17-39-15-21)41-31(40-26)29-22-6-4-10-32(30(22)46-42-29)9-3-5-19-7-8-24(38)23(14-37)28(19)32/h7-8,12,18,20-21,25,39H,3-6,9-11,13,15-17,38H2,1-2H3/t18-,20+,21-,25-,32+/m0/s1. The maximum absolute atomic E-state index is 14.2. The number of nitrogens with zero attached hydrogens (tertiary/aromatic N) is 5. The summed E-state index contributed by atoms with van der Waals surface area (Å²) < 4.78 is 61.0. The maximum Gasteiger partial charge on any atom is 0.263 e. The lowest BCUT2D eigenvalue weighted by Crippen LogP contribution is -2.48. The molecule has 7 rings (SSSR count). The highest BCUT2D eigenvalue weighted by Crippen LogP contribution is 2.53. The van der Waals surface area contributed by atoms with E-state index in [9.17, 15) is 18.4 Å². The van der Waals surface area contributed by atoms with Gasteiger partial charge in [-0.15, -0.1) is 0 Å². The van der Waals surface area contributed by atoms with Crippen LogP contribution >= 0.6 is 0 Å². The summed E-state index contributed by atoms with van der Waals surface area (Å²) in [5.74, 6) is -1.80. The maximum atomic E-state index is 14.2. The van der Waals surface area contributed by atoms with Crippen LogP contribution < -0.4 is 20.5 Å². The van der Waals surface area contributed by atoms with E-state index in [0.717, 1.165) is 48.8 Å². The predicted octanol–water partition coefficient (Wildman–Crippen LogP) is 4.73. The van der Waals surface area contributed by atoms with Gasteiger partial charge in [0, 0.05) is 30.4 Å². The number of aryl methyl sites for hydroxylation is 1. The molecule has 2 aliphatic heterocycles. The van der Waals surface area contributed by atoms with E-state index in [2.05, 4.69) is 21.5 Å². The zero-order chi connectivity index (χ0) is 32.2. The van der Waals surface area contributed by atoms with Crippen molar-refractivity contribution < 1.29 is 27.2 Å². The molecule has 2 saturated heterocycles. The molecule has 4 aliphatic rings. The van der Waals surface area contributed by atoms with Gasteiger partial charge < -0.3 is 25.0 Å². The molecule has 10 nitrogen and oxygen atoms in total. The van der Waals surface area contributed by atoms with Crippen molar-refractivity contribution in [2.75, 3.05) is 32.4 Å². The van der Waals surface area contributed by atoms with Gasteiger partial charge in [0.05, 0.1) is 30.0 Å². The number of aromatic nitrogens is 3. The molecular weight excluding hydrogens is 599 g/mol. The number of ether oxygens (including phenoxy) is 2. The van der Waals surface area contributed by atoms with Gasteiger partial charge in [-0.3, -0.25) is 4.90 Å². The third-order valence-corrected chi connectivity index (χ3v) is 10.1. The Hall–Kier alpha value is -3.89. The van der Waals surface area contributed by atoms with Crippen LogP contribution in [0.1, 0.15) is 73.5 Å². The molecule has 0 bridgehead atoms. The summed E-state index contributed by atoms with van der Waals surface area (Å²) >= 11 is 0. The van der Waals surface area contributed by atoms with E-state index in [1.54, 1.807) is 6.07 Å². The molecule has 244 valence electrons. The Bertz CT molecular complexity index is 1670. The summed E-state index contributed by atoms with van der Waals surface area (Å²) in [6.45, 7) is 2.00. The molecule has 5 atom stereocenters. The first-order valence-electron chi connectivity index (χ1n) is 16.0. The summed E-state index contributed by atoms with van der Waals surface area (Å²) in [6.07, 6.45) is 2.47. The number of rotatable bonds is 6. The van der Waals surface area contributed by atoms with Crippen LogP contribution in [-0.4, -0.2) is 77.1 Å². The van der Waals surface area contributed by atoms with Crippen molar-refractivity contribution in [1.29, 1.82) is 5.26 Å². The highest BCUT2D eigenvalue weighted by Gasteiger charge is 2.48. The fourth-order valence-corrected chi connectivity index (χ4v) is 8.05. The van der Waals surface area contributed by atoms with Gasteiger partial charge in [0.25, 0.3) is 5.92 Å². The Morgan fingerprint density at radius 3 is 2.72 bits per heavy atom. The van der Waals surface area contributed by atoms with Crippen molar-refractivity contribution in [1.82, 2.24) is 25.3 Å². The van der Waals surface area contributed by atoms with E-state index in [0.29, 0.717) is 42.1 Å². The minimum Gasteiger partial charge on any atom is -0.473 e. The number of likely N-dealkylation sites (tertiary alicyclic amines) is 1. The molecule has 2 aromatic heterocycles. The van der Waals surface area contributed by atoms with Crippen molar-refractivity contribution in [3.63, 3.8) is 0 Å². The van der Waals surface area contributed by atoms with Crippen molar-refractivity contribution in [2.45, 2.75) is 94.0 Å². The van der Waals surface area contributed by atoms with Crippen LogP contribution in [0, 0.1) is 11.3 Å². The molecule has 1 aromatic carbocycles. The summed E-state index contributed by atoms with van der Waals surface area (Å²) in [7, 11) is 1.85. The van der Waals surface area contributed by atoms with Crippen LogP contribution in [0.4, 0.5) is 18.9 Å². The van der Waals surface area contributed by atoms with Crippen molar-refractivity contribution in [3.8, 4) is 29.3 Å². The third kappa shape index (κ3) is 5.45. The molecule has 1 spiro atoms. The molecule has 4 heterocycles. The van der Waals surface area contributed by atoms with Crippen molar-refractivity contribution in [2.24, 2.45) is 0 Å². The monoisotopic (exact) mass is 637 g/mol. The molecule has 46 heavy (non-hydrogen) atoms. The van der Waals surface area contributed by atoms with E-state index in [1.807, 2.05) is 24.9 Å². The third-order valence-electron chi connectivity index (χ3n) is 10.1. The Kier molecular flexibility index (Phi) is 7.84. The Balaban J connectivity index is 1.28. The van der Waals surface area contributed by atoms with Crippen LogP contribution in [0.15, 0.2) is 22.7 Å². The average molecular weight is 638 g/mol. The molecular formula is C33H38F3N7O3. The van der Waals surface area contributed by atoms with Crippen molar-refractivity contribution in [3.05, 3.63) is 46.2 Å². The SMILES string of the molecule is C[C@H](Oc1cc(O[C@@H]2CNCC(F)(F)C2)nc(-c2noc3c2CCC[C@@]32CCCc3ccc(N)c(C#N)c32)n1)[C@@H]1C[C@@H](F)CN1C. The summed E-state index contributed by atoms with van der Waals surface area (Å²) in [6, 6.07) is 7.45. The number of benzene rings is 1. The smallest absolute Gasteiger partial charge is 0.263 e. The zero-order valence-electron chi connectivity index (χ0n) is 26.0. The number of nitrogen functional groups attached to an aromatic ring is 1. The lowest BCUT2D eigenvalue weighted by Gasteiger charge is -2.41. The van der Waals surface area contributed by atoms with Crippen molar-refractivity contribution >= 4 is 5.69 Å².